The molecule has 2 atom stereocenters. The number of nitrogens with zero attached hydrogens (tertiary/aromatic N) is 1. The summed E-state index contributed by atoms with van der Waals surface area (Å²) in [6.45, 7) is 2.61. The molecular weight excluding hydrogens is 342 g/mol. The quantitative estimate of drug-likeness (QED) is 0.689. The van der Waals surface area contributed by atoms with Gasteiger partial charge in [-0.1, -0.05) is 12.5 Å². The second-order valence-corrected chi connectivity index (χ2v) is 8.63. The highest BCUT2D eigenvalue weighted by Gasteiger charge is 2.27. The average Bonchev–Trinajstić information content (AvgIpc) is 3.05. The lowest BCUT2D eigenvalue weighted by molar-refractivity contribution is 0.0927. The van der Waals surface area contributed by atoms with Crippen LogP contribution in [0.15, 0.2) is 29.2 Å². The van der Waals surface area contributed by atoms with E-state index in [1.807, 2.05) is 0 Å². The molecule has 0 bridgehead atoms. The van der Waals surface area contributed by atoms with Crippen LogP contribution in [-0.4, -0.2) is 62.6 Å². The third-order valence-electron chi connectivity index (χ3n) is 4.88. The van der Waals surface area contributed by atoms with Crippen LogP contribution in [0.3, 0.4) is 0 Å². The molecule has 0 aromatic heterocycles. The fraction of sp³-hybridized carbons (Fsp3) is 0.588. The zero-order valence-electron chi connectivity index (χ0n) is 14.1. The highest BCUT2D eigenvalue weighted by molar-refractivity contribution is 7.89. The van der Waals surface area contributed by atoms with E-state index in [9.17, 15) is 18.3 Å². The van der Waals surface area contributed by atoms with Gasteiger partial charge in [-0.3, -0.25) is 4.79 Å². The fourth-order valence-corrected chi connectivity index (χ4v) is 4.87. The topological polar surface area (TPSA) is 98.7 Å². The first-order valence-electron chi connectivity index (χ1n) is 8.75. The normalized spacial score (nSPS) is 25.0. The Hall–Kier alpha value is -1.48. The van der Waals surface area contributed by atoms with E-state index in [-0.39, 0.29) is 16.7 Å². The van der Waals surface area contributed by atoms with Gasteiger partial charge in [-0.2, -0.15) is 4.31 Å². The minimum absolute atomic E-state index is 0.0239. The summed E-state index contributed by atoms with van der Waals surface area (Å²) in [6, 6.07) is 6.17. The van der Waals surface area contributed by atoms with E-state index in [1.165, 1.54) is 16.4 Å². The number of piperidine rings is 1. The number of aliphatic hydroxyl groups excluding tert-OH is 1. The summed E-state index contributed by atoms with van der Waals surface area (Å²) >= 11 is 0. The van der Waals surface area contributed by atoms with Crippen molar-refractivity contribution >= 4 is 15.9 Å². The van der Waals surface area contributed by atoms with Gasteiger partial charge in [0.1, 0.15) is 0 Å². The zero-order chi connectivity index (χ0) is 17.9. The summed E-state index contributed by atoms with van der Waals surface area (Å²) in [6.07, 6.45) is 2.33. The van der Waals surface area contributed by atoms with Gasteiger partial charge < -0.3 is 15.7 Å². The molecule has 2 saturated heterocycles. The van der Waals surface area contributed by atoms with E-state index < -0.39 is 16.1 Å². The molecule has 1 aromatic carbocycles. The van der Waals surface area contributed by atoms with Crippen molar-refractivity contribution < 1.29 is 18.3 Å². The first-order chi connectivity index (χ1) is 12.0. The maximum absolute atomic E-state index is 12.7. The van der Waals surface area contributed by atoms with Gasteiger partial charge in [0.15, 0.2) is 0 Å². The van der Waals surface area contributed by atoms with E-state index in [0.29, 0.717) is 38.3 Å². The second-order valence-electron chi connectivity index (χ2n) is 6.69. The molecule has 2 heterocycles. The number of carbonyl (C=O) groups is 1. The summed E-state index contributed by atoms with van der Waals surface area (Å²) in [5, 5.41) is 15.6. The molecule has 7 nitrogen and oxygen atoms in total. The number of hydrogen-bond acceptors (Lipinski definition) is 5. The molecular formula is C17H25N3O4S. The van der Waals surface area contributed by atoms with Gasteiger partial charge in [0.05, 0.1) is 11.0 Å². The molecule has 2 fully saturated rings. The van der Waals surface area contributed by atoms with Crippen LogP contribution in [0.1, 0.15) is 29.6 Å². The molecule has 138 valence electrons. The lowest BCUT2D eigenvalue weighted by Crippen LogP contribution is -2.36. The van der Waals surface area contributed by atoms with Gasteiger partial charge in [-0.05, 0) is 31.0 Å². The molecule has 3 rings (SSSR count). The SMILES string of the molecule is O=C(NCC1CNCC1O)c1cccc(S(=O)(=O)N2CCCCC2)c1. The van der Waals surface area contributed by atoms with Gasteiger partial charge >= 0.3 is 0 Å². The third-order valence-corrected chi connectivity index (χ3v) is 6.77. The van der Waals surface area contributed by atoms with Crippen LogP contribution in [0.5, 0.6) is 0 Å². The molecule has 0 radical (unpaired) electrons. The first kappa shape index (κ1) is 18.3. The Bertz CT molecular complexity index is 716. The number of aliphatic hydroxyl groups is 1. The van der Waals surface area contributed by atoms with Crippen LogP contribution in [0.2, 0.25) is 0 Å². The van der Waals surface area contributed by atoms with Gasteiger partial charge in [-0.15, -0.1) is 0 Å². The second kappa shape index (κ2) is 7.82. The lowest BCUT2D eigenvalue weighted by atomic mass is 10.1. The Morgan fingerprint density at radius 3 is 2.68 bits per heavy atom. The van der Waals surface area contributed by atoms with Crippen molar-refractivity contribution in [3.63, 3.8) is 0 Å². The van der Waals surface area contributed by atoms with Crippen molar-refractivity contribution in [2.75, 3.05) is 32.7 Å². The lowest BCUT2D eigenvalue weighted by Gasteiger charge is -2.26. The monoisotopic (exact) mass is 367 g/mol. The smallest absolute Gasteiger partial charge is 0.251 e. The van der Waals surface area contributed by atoms with Crippen LogP contribution in [0, 0.1) is 5.92 Å². The van der Waals surface area contributed by atoms with Crippen molar-refractivity contribution in [3.8, 4) is 0 Å². The maximum Gasteiger partial charge on any atom is 0.251 e. The number of carbonyl (C=O) groups excluding carboxylic acids is 1. The number of amides is 1. The fourth-order valence-electron chi connectivity index (χ4n) is 3.31. The van der Waals surface area contributed by atoms with Gasteiger partial charge in [0, 0.05) is 44.2 Å². The largest absolute Gasteiger partial charge is 0.391 e. The standard InChI is InChI=1S/C17H25N3O4S/c21-16-12-18-10-14(16)11-19-17(22)13-5-4-6-15(9-13)25(23,24)20-7-2-1-3-8-20/h4-6,9,14,16,18,21H,1-3,7-8,10-12H2,(H,19,22). The van der Waals surface area contributed by atoms with E-state index >= 15 is 0 Å². The minimum Gasteiger partial charge on any atom is -0.391 e. The predicted octanol–water partition coefficient (Wildman–Crippen LogP) is 0.171. The van der Waals surface area contributed by atoms with Crippen LogP contribution in [0.4, 0.5) is 0 Å². The summed E-state index contributed by atoms with van der Waals surface area (Å²) in [4.78, 5) is 12.5. The summed E-state index contributed by atoms with van der Waals surface area (Å²) in [5.41, 5.74) is 0.318. The van der Waals surface area contributed by atoms with Gasteiger partial charge in [0.2, 0.25) is 10.0 Å². The average molecular weight is 367 g/mol. The molecule has 8 heteroatoms. The number of β-amino-alcohol motifs (C(OH)–C–C–N with tert-alkyl or cyclic N) is 1. The van der Waals surface area contributed by atoms with Crippen LogP contribution >= 0.6 is 0 Å². The van der Waals surface area contributed by atoms with E-state index in [1.54, 1.807) is 12.1 Å². The molecule has 1 aromatic rings. The summed E-state index contributed by atoms with van der Waals surface area (Å²) < 4.78 is 26.9. The van der Waals surface area contributed by atoms with E-state index in [0.717, 1.165) is 19.3 Å². The van der Waals surface area contributed by atoms with Crippen LogP contribution < -0.4 is 10.6 Å². The van der Waals surface area contributed by atoms with Crippen LogP contribution in [-0.2, 0) is 10.0 Å². The Kier molecular flexibility index (Phi) is 5.73. The van der Waals surface area contributed by atoms with E-state index in [4.69, 9.17) is 0 Å². The van der Waals surface area contributed by atoms with Crippen molar-refractivity contribution in [1.29, 1.82) is 0 Å². The Labute approximate surface area is 148 Å². The van der Waals surface area contributed by atoms with E-state index in [2.05, 4.69) is 10.6 Å². The predicted molar refractivity (Wildman–Crippen MR) is 93.8 cm³/mol. The summed E-state index contributed by atoms with van der Waals surface area (Å²) in [5.74, 6) is -0.348. The third kappa shape index (κ3) is 4.20. The first-order valence-corrected chi connectivity index (χ1v) is 10.2. The Morgan fingerprint density at radius 1 is 1.24 bits per heavy atom. The number of hydrogen-bond donors (Lipinski definition) is 3. The molecule has 1 amide bonds. The maximum atomic E-state index is 12.7. The molecule has 2 aliphatic heterocycles. The summed E-state index contributed by atoms with van der Waals surface area (Å²) in [7, 11) is -3.55. The molecule has 0 saturated carbocycles. The van der Waals surface area contributed by atoms with Crippen molar-refractivity contribution in [1.82, 2.24) is 14.9 Å². The van der Waals surface area contributed by atoms with Crippen molar-refractivity contribution in [2.24, 2.45) is 5.92 Å². The molecule has 0 aliphatic carbocycles. The Balaban J connectivity index is 1.69. The van der Waals surface area contributed by atoms with Crippen molar-refractivity contribution in [2.45, 2.75) is 30.3 Å². The zero-order valence-corrected chi connectivity index (χ0v) is 15.0. The molecule has 25 heavy (non-hydrogen) atoms. The highest BCUT2D eigenvalue weighted by atomic mass is 32.2. The number of sulfonamides is 1. The highest BCUT2D eigenvalue weighted by Crippen LogP contribution is 2.21. The minimum atomic E-state index is -3.55. The molecule has 2 aliphatic rings. The number of rotatable bonds is 5. The molecule has 0 spiro atoms. The number of nitrogens with one attached hydrogen (secondary N) is 2. The molecule has 3 N–H and O–H groups in total. The van der Waals surface area contributed by atoms with Crippen LogP contribution in [0.25, 0.3) is 0 Å². The van der Waals surface area contributed by atoms with Gasteiger partial charge in [0.25, 0.3) is 5.91 Å². The Morgan fingerprint density at radius 2 is 2.00 bits per heavy atom. The number of benzene rings is 1. The molecule has 2 unspecified atom stereocenters. The van der Waals surface area contributed by atoms with Crippen molar-refractivity contribution in [3.05, 3.63) is 29.8 Å². The van der Waals surface area contributed by atoms with Gasteiger partial charge in [-0.25, -0.2) is 8.42 Å².